The maximum absolute atomic E-state index is 13.4. The van der Waals surface area contributed by atoms with E-state index in [-0.39, 0.29) is 22.3 Å². The molecule has 1 aliphatic rings. The number of anilines is 2. The van der Waals surface area contributed by atoms with Crippen molar-refractivity contribution in [2.24, 2.45) is 0 Å². The molecule has 0 aliphatic carbocycles. The molecule has 0 spiro atoms. The molecule has 2 atom stereocenters. The highest BCUT2D eigenvalue weighted by Crippen LogP contribution is 2.35. The summed E-state index contributed by atoms with van der Waals surface area (Å²) in [7, 11) is -3.95. The van der Waals surface area contributed by atoms with Crippen molar-refractivity contribution in [1.82, 2.24) is 9.97 Å². The molecular formula is C33H38N4O3S. The minimum absolute atomic E-state index is 0.0203. The van der Waals surface area contributed by atoms with E-state index in [1.165, 1.54) is 5.56 Å². The molecule has 0 fully saturated rings. The summed E-state index contributed by atoms with van der Waals surface area (Å²) in [5.41, 5.74) is 6.53. The van der Waals surface area contributed by atoms with Gasteiger partial charge in [-0.15, -0.1) is 0 Å². The highest BCUT2D eigenvalue weighted by molar-refractivity contribution is 7.92. The number of fused-ring (bicyclic) bond motifs is 4. The molecule has 1 aromatic heterocycles. The standard InChI is InChI=1S/C33H38N4O3S/c1-7-10-27-31(23-15-17-24(18-16-23)33(4,5)6)40-29-20-28(30-21(2)11-8-12-22(30)3)35-32(36-29)37-41(38,39)26-14-9-13-25(19-26)34-27/h8-9,11-20,27,31,34H,7,10H2,1-6H3,(H,35,36,37)/t27-,31-/m1/s1. The van der Waals surface area contributed by atoms with Gasteiger partial charge >= 0.3 is 0 Å². The zero-order valence-electron chi connectivity index (χ0n) is 24.5. The maximum Gasteiger partial charge on any atom is 0.264 e. The van der Waals surface area contributed by atoms with Crippen LogP contribution in [0.3, 0.4) is 0 Å². The molecule has 5 rings (SSSR count). The molecule has 0 saturated carbocycles. The van der Waals surface area contributed by atoms with Crippen LogP contribution in [0.1, 0.15) is 68.9 Å². The van der Waals surface area contributed by atoms with E-state index in [0.717, 1.165) is 35.1 Å². The lowest BCUT2D eigenvalue weighted by Crippen LogP contribution is -2.32. The fraction of sp³-hybridized carbons (Fsp3) is 0.333. The van der Waals surface area contributed by atoms with Gasteiger partial charge in [0.2, 0.25) is 11.8 Å². The molecule has 3 aromatic carbocycles. The van der Waals surface area contributed by atoms with Gasteiger partial charge in [0.05, 0.1) is 16.6 Å². The summed E-state index contributed by atoms with van der Waals surface area (Å²) in [4.78, 5) is 9.35. The second-order valence-corrected chi connectivity index (χ2v) is 13.4. The molecule has 0 amide bonds. The van der Waals surface area contributed by atoms with Crippen LogP contribution in [0.5, 0.6) is 5.88 Å². The number of nitrogens with zero attached hydrogens (tertiary/aromatic N) is 2. The SMILES string of the molecule is CCC[C@H]1Nc2cccc(c2)S(=O)(=O)Nc2nc(cc(-c3c(C)cccc3C)n2)O[C@@H]1c1ccc(C(C)(C)C)cc1. The Balaban J connectivity index is 1.71. The summed E-state index contributed by atoms with van der Waals surface area (Å²) < 4.78 is 36.2. The van der Waals surface area contributed by atoms with Crippen molar-refractivity contribution in [3.05, 3.63) is 95.1 Å². The Morgan fingerprint density at radius 3 is 2.24 bits per heavy atom. The van der Waals surface area contributed by atoms with E-state index in [1.54, 1.807) is 24.3 Å². The fourth-order valence-electron chi connectivity index (χ4n) is 5.32. The van der Waals surface area contributed by atoms with Crippen molar-refractivity contribution in [1.29, 1.82) is 0 Å². The summed E-state index contributed by atoms with van der Waals surface area (Å²) in [6.07, 6.45) is 1.29. The summed E-state index contributed by atoms with van der Waals surface area (Å²) in [6.45, 7) is 12.7. The third-order valence-electron chi connectivity index (χ3n) is 7.48. The van der Waals surface area contributed by atoms with Crippen molar-refractivity contribution in [2.45, 2.75) is 76.8 Å². The van der Waals surface area contributed by atoms with Crippen molar-refractivity contribution in [3.63, 3.8) is 0 Å². The number of aromatic nitrogens is 2. The molecule has 0 unspecified atom stereocenters. The van der Waals surface area contributed by atoms with Crippen molar-refractivity contribution in [3.8, 4) is 17.1 Å². The van der Waals surface area contributed by atoms with Gasteiger partial charge in [-0.3, -0.25) is 0 Å². The normalized spacial score (nSPS) is 18.2. The lowest BCUT2D eigenvalue weighted by molar-refractivity contribution is 0.169. The molecule has 4 aromatic rings. The Labute approximate surface area is 243 Å². The minimum Gasteiger partial charge on any atom is -0.467 e. The summed E-state index contributed by atoms with van der Waals surface area (Å²) >= 11 is 0. The van der Waals surface area contributed by atoms with Crippen LogP contribution in [0, 0.1) is 13.8 Å². The first-order valence-electron chi connectivity index (χ1n) is 14.1. The Morgan fingerprint density at radius 1 is 0.902 bits per heavy atom. The Morgan fingerprint density at radius 2 is 1.59 bits per heavy atom. The van der Waals surface area contributed by atoms with Gasteiger partial charge in [-0.05, 0) is 66.1 Å². The van der Waals surface area contributed by atoms with Crippen LogP contribution in [-0.4, -0.2) is 24.4 Å². The zero-order chi connectivity index (χ0) is 29.4. The van der Waals surface area contributed by atoms with Gasteiger partial charge in [0, 0.05) is 17.3 Å². The van der Waals surface area contributed by atoms with Crippen LogP contribution in [-0.2, 0) is 15.4 Å². The molecular weight excluding hydrogens is 532 g/mol. The van der Waals surface area contributed by atoms with E-state index in [1.807, 2.05) is 38.1 Å². The second-order valence-electron chi connectivity index (χ2n) is 11.8. The number of ether oxygens (including phenoxy) is 1. The molecule has 8 heteroatoms. The number of sulfonamides is 1. The van der Waals surface area contributed by atoms with Crippen LogP contribution in [0.2, 0.25) is 0 Å². The molecule has 0 radical (unpaired) electrons. The third kappa shape index (κ3) is 6.22. The van der Waals surface area contributed by atoms with Crippen molar-refractivity contribution < 1.29 is 13.2 Å². The smallest absolute Gasteiger partial charge is 0.264 e. The molecule has 214 valence electrons. The minimum atomic E-state index is -3.95. The number of hydrogen-bond acceptors (Lipinski definition) is 6. The van der Waals surface area contributed by atoms with Crippen molar-refractivity contribution in [2.75, 3.05) is 10.0 Å². The lowest BCUT2D eigenvalue weighted by atomic mass is 9.86. The lowest BCUT2D eigenvalue weighted by Gasteiger charge is -2.31. The summed E-state index contributed by atoms with van der Waals surface area (Å²) in [5, 5.41) is 3.58. The number of rotatable bonds is 4. The topological polar surface area (TPSA) is 93.2 Å². The molecule has 1 aliphatic heterocycles. The van der Waals surface area contributed by atoms with E-state index in [4.69, 9.17) is 4.74 Å². The largest absolute Gasteiger partial charge is 0.467 e. The Bertz CT molecular complexity index is 1640. The van der Waals surface area contributed by atoms with Crippen LogP contribution < -0.4 is 14.8 Å². The number of benzene rings is 3. The Hall–Kier alpha value is -3.91. The van der Waals surface area contributed by atoms with Gasteiger partial charge in [-0.2, -0.15) is 4.98 Å². The summed E-state index contributed by atoms with van der Waals surface area (Å²) in [5.74, 6) is 0.264. The van der Waals surface area contributed by atoms with E-state index < -0.39 is 16.1 Å². The van der Waals surface area contributed by atoms with Gasteiger partial charge in [-0.25, -0.2) is 18.1 Å². The third-order valence-corrected chi connectivity index (χ3v) is 8.81. The molecule has 7 nitrogen and oxygen atoms in total. The van der Waals surface area contributed by atoms with Gasteiger partial charge in [0.25, 0.3) is 10.0 Å². The fourth-order valence-corrected chi connectivity index (χ4v) is 6.31. The zero-order valence-corrected chi connectivity index (χ0v) is 25.3. The Kier molecular flexibility index (Phi) is 7.79. The average molecular weight is 571 g/mol. The number of nitrogens with one attached hydrogen (secondary N) is 2. The van der Waals surface area contributed by atoms with Gasteiger partial charge in [0.1, 0.15) is 6.10 Å². The van der Waals surface area contributed by atoms with Gasteiger partial charge in [-0.1, -0.05) is 82.6 Å². The van der Waals surface area contributed by atoms with E-state index in [2.05, 4.69) is 72.0 Å². The number of hydrogen-bond donors (Lipinski definition) is 2. The molecule has 2 N–H and O–H groups in total. The van der Waals surface area contributed by atoms with E-state index >= 15 is 0 Å². The quantitative estimate of drug-likeness (QED) is 0.263. The number of aryl methyl sites for hydroxylation is 2. The van der Waals surface area contributed by atoms with E-state index in [0.29, 0.717) is 17.3 Å². The molecule has 41 heavy (non-hydrogen) atoms. The first kappa shape index (κ1) is 28.6. The first-order valence-corrected chi connectivity index (χ1v) is 15.5. The first-order chi connectivity index (χ1) is 19.4. The average Bonchev–Trinajstić information content (AvgIpc) is 2.90. The van der Waals surface area contributed by atoms with Gasteiger partial charge in [0.15, 0.2) is 0 Å². The van der Waals surface area contributed by atoms with E-state index in [9.17, 15) is 8.42 Å². The molecule has 4 bridgehead atoms. The predicted octanol–water partition coefficient (Wildman–Crippen LogP) is 7.57. The molecule has 0 saturated heterocycles. The van der Waals surface area contributed by atoms with Gasteiger partial charge < -0.3 is 10.1 Å². The molecule has 2 heterocycles. The highest BCUT2D eigenvalue weighted by atomic mass is 32.2. The second kappa shape index (κ2) is 11.2. The highest BCUT2D eigenvalue weighted by Gasteiger charge is 2.29. The van der Waals surface area contributed by atoms with Crippen molar-refractivity contribution >= 4 is 21.7 Å². The van der Waals surface area contributed by atoms with Crippen LogP contribution in [0.15, 0.2) is 77.7 Å². The van der Waals surface area contributed by atoms with Crippen LogP contribution in [0.4, 0.5) is 11.6 Å². The maximum atomic E-state index is 13.4. The van der Waals surface area contributed by atoms with Crippen LogP contribution in [0.25, 0.3) is 11.3 Å². The predicted molar refractivity (Wildman–Crippen MR) is 165 cm³/mol. The summed E-state index contributed by atoms with van der Waals surface area (Å²) in [6, 6.07) is 23.0. The monoisotopic (exact) mass is 570 g/mol. The van der Waals surface area contributed by atoms with Crippen LogP contribution >= 0.6 is 0 Å².